The lowest BCUT2D eigenvalue weighted by Gasteiger charge is -2.07. The average Bonchev–Trinajstić information content (AvgIpc) is 2.96. The van der Waals surface area contributed by atoms with Crippen LogP contribution in [0.2, 0.25) is 0 Å². The number of nitrogens with one attached hydrogen (secondary N) is 1. The van der Waals surface area contributed by atoms with Gasteiger partial charge in [-0.2, -0.15) is 0 Å². The van der Waals surface area contributed by atoms with Crippen molar-refractivity contribution in [1.82, 2.24) is 9.88 Å². The first-order valence-electron chi connectivity index (χ1n) is 6.52. The molecule has 1 unspecified atom stereocenters. The average molecular weight is 296 g/mol. The van der Waals surface area contributed by atoms with Crippen LogP contribution >= 0.6 is 7.60 Å². The second-order valence-corrected chi connectivity index (χ2v) is 6.83. The molecule has 0 aliphatic carbocycles. The SMILES string of the molecule is O=P(O)(O)Cn1cc(C2CCNC2)c2c(O)cccc21. The fourth-order valence-electron chi connectivity index (χ4n) is 2.91. The summed E-state index contributed by atoms with van der Waals surface area (Å²) in [7, 11) is -4.16. The molecular formula is C13H17N2O4P. The summed E-state index contributed by atoms with van der Waals surface area (Å²) in [4.78, 5) is 18.4. The van der Waals surface area contributed by atoms with Crippen LogP contribution in [-0.4, -0.2) is 32.5 Å². The first kappa shape index (κ1) is 13.6. The Balaban J connectivity index is 2.16. The number of phenols is 1. The van der Waals surface area contributed by atoms with E-state index in [9.17, 15) is 19.5 Å². The number of phenolic OH excluding ortho intramolecular Hbond substituents is 1. The molecule has 1 aliphatic rings. The molecule has 1 saturated heterocycles. The Labute approximate surface area is 116 Å². The number of hydrogen-bond acceptors (Lipinski definition) is 3. The van der Waals surface area contributed by atoms with Crippen molar-refractivity contribution in [2.45, 2.75) is 18.6 Å². The lowest BCUT2D eigenvalue weighted by molar-refractivity contribution is 0.363. The third-order valence-corrected chi connectivity index (χ3v) is 4.42. The maximum absolute atomic E-state index is 11.3. The van der Waals surface area contributed by atoms with Crippen LogP contribution < -0.4 is 5.32 Å². The number of rotatable bonds is 3. The summed E-state index contributed by atoms with van der Waals surface area (Å²) in [6.07, 6.45) is 2.36. The zero-order valence-corrected chi connectivity index (χ0v) is 11.8. The van der Waals surface area contributed by atoms with Gasteiger partial charge >= 0.3 is 7.60 Å². The van der Waals surface area contributed by atoms with Gasteiger partial charge in [0.25, 0.3) is 0 Å². The van der Waals surface area contributed by atoms with Crippen molar-refractivity contribution in [2.75, 3.05) is 13.1 Å². The van der Waals surface area contributed by atoms with E-state index in [1.54, 1.807) is 29.0 Å². The standard InChI is InChI=1S/C13H17N2O4P/c16-12-3-1-2-11-13(12)10(9-4-5-14-6-9)7-15(11)8-20(17,18)19/h1-3,7,9,14,16H,4-6,8H2,(H2,17,18,19). The van der Waals surface area contributed by atoms with Gasteiger partial charge in [-0.15, -0.1) is 0 Å². The van der Waals surface area contributed by atoms with Gasteiger partial charge in [-0.25, -0.2) is 0 Å². The second kappa shape index (κ2) is 4.90. The van der Waals surface area contributed by atoms with Crippen LogP contribution in [0.25, 0.3) is 10.9 Å². The molecule has 1 fully saturated rings. The highest BCUT2D eigenvalue weighted by Crippen LogP contribution is 2.42. The smallest absolute Gasteiger partial charge is 0.345 e. The highest BCUT2D eigenvalue weighted by molar-refractivity contribution is 7.50. The molecular weight excluding hydrogens is 279 g/mol. The van der Waals surface area contributed by atoms with Crippen molar-refractivity contribution in [1.29, 1.82) is 0 Å². The summed E-state index contributed by atoms with van der Waals surface area (Å²) < 4.78 is 12.8. The predicted octanol–water partition coefficient (Wildman–Crippen LogP) is 1.56. The fraction of sp³-hybridized carbons (Fsp3) is 0.385. The molecule has 1 aliphatic heterocycles. The molecule has 2 heterocycles. The maximum Gasteiger partial charge on any atom is 0.345 e. The van der Waals surface area contributed by atoms with Crippen LogP contribution in [0.1, 0.15) is 17.9 Å². The first-order valence-corrected chi connectivity index (χ1v) is 8.31. The molecule has 1 atom stereocenters. The van der Waals surface area contributed by atoms with Gasteiger partial charge in [-0.1, -0.05) is 6.07 Å². The van der Waals surface area contributed by atoms with Crippen LogP contribution in [0.15, 0.2) is 24.4 Å². The molecule has 1 aromatic carbocycles. The summed E-state index contributed by atoms with van der Waals surface area (Å²) in [5.41, 5.74) is 1.62. The number of aromatic nitrogens is 1. The summed E-state index contributed by atoms with van der Waals surface area (Å²) in [6.45, 7) is 1.74. The van der Waals surface area contributed by atoms with Crippen molar-refractivity contribution in [3.05, 3.63) is 30.0 Å². The molecule has 1 aromatic heterocycles. The number of nitrogens with zero attached hydrogens (tertiary/aromatic N) is 1. The van der Waals surface area contributed by atoms with Gasteiger partial charge in [0.2, 0.25) is 0 Å². The normalized spacial score (nSPS) is 19.8. The van der Waals surface area contributed by atoms with E-state index in [0.717, 1.165) is 25.1 Å². The lowest BCUT2D eigenvalue weighted by atomic mass is 9.97. The lowest BCUT2D eigenvalue weighted by Crippen LogP contribution is -2.07. The molecule has 20 heavy (non-hydrogen) atoms. The molecule has 4 N–H and O–H groups in total. The van der Waals surface area contributed by atoms with E-state index in [-0.39, 0.29) is 18.0 Å². The Morgan fingerprint density at radius 1 is 1.40 bits per heavy atom. The van der Waals surface area contributed by atoms with Crippen LogP contribution in [-0.2, 0) is 10.9 Å². The molecule has 0 bridgehead atoms. The van der Waals surface area contributed by atoms with E-state index in [1.165, 1.54) is 0 Å². The van der Waals surface area contributed by atoms with Crippen molar-refractivity contribution in [3.63, 3.8) is 0 Å². The quantitative estimate of drug-likeness (QED) is 0.645. The Morgan fingerprint density at radius 3 is 2.85 bits per heavy atom. The number of aromatic hydroxyl groups is 1. The summed E-state index contributed by atoms with van der Waals surface area (Å²) in [5, 5.41) is 14.1. The van der Waals surface area contributed by atoms with E-state index in [1.807, 2.05) is 0 Å². The van der Waals surface area contributed by atoms with Crippen LogP contribution in [0.3, 0.4) is 0 Å². The monoisotopic (exact) mass is 296 g/mol. The van der Waals surface area contributed by atoms with Crippen molar-refractivity contribution in [2.24, 2.45) is 0 Å². The Morgan fingerprint density at radius 2 is 2.20 bits per heavy atom. The van der Waals surface area contributed by atoms with Gasteiger partial charge < -0.3 is 24.8 Å². The van der Waals surface area contributed by atoms with Crippen LogP contribution in [0, 0.1) is 0 Å². The van der Waals surface area contributed by atoms with Gasteiger partial charge in [-0.3, -0.25) is 4.57 Å². The highest BCUT2D eigenvalue weighted by Gasteiger charge is 2.25. The van der Waals surface area contributed by atoms with E-state index >= 15 is 0 Å². The second-order valence-electron chi connectivity index (χ2n) is 5.22. The van der Waals surface area contributed by atoms with Crippen LogP contribution in [0.4, 0.5) is 0 Å². The van der Waals surface area contributed by atoms with E-state index in [0.29, 0.717) is 10.9 Å². The minimum Gasteiger partial charge on any atom is -0.507 e. The summed E-state index contributed by atoms with van der Waals surface area (Å²) in [6, 6.07) is 5.07. The molecule has 3 rings (SSSR count). The van der Waals surface area contributed by atoms with Gasteiger partial charge in [0.1, 0.15) is 12.0 Å². The minimum atomic E-state index is -4.16. The van der Waals surface area contributed by atoms with Crippen molar-refractivity contribution >= 4 is 18.5 Å². The van der Waals surface area contributed by atoms with Gasteiger partial charge in [-0.05, 0) is 36.6 Å². The molecule has 2 aromatic rings. The van der Waals surface area contributed by atoms with Crippen molar-refractivity contribution < 1.29 is 19.5 Å². The Kier molecular flexibility index (Phi) is 3.34. The number of benzene rings is 1. The Bertz CT molecular complexity index is 685. The topological polar surface area (TPSA) is 94.7 Å². The Hall–Kier alpha value is -1.33. The first-order chi connectivity index (χ1) is 9.46. The molecule has 108 valence electrons. The number of fused-ring (bicyclic) bond motifs is 1. The zero-order chi connectivity index (χ0) is 14.3. The molecule has 0 radical (unpaired) electrons. The minimum absolute atomic E-state index is 0.161. The molecule has 0 saturated carbocycles. The molecule has 0 amide bonds. The number of hydrogen-bond donors (Lipinski definition) is 4. The highest BCUT2D eigenvalue weighted by atomic mass is 31.2. The van der Waals surface area contributed by atoms with Crippen molar-refractivity contribution in [3.8, 4) is 5.75 Å². The predicted molar refractivity (Wildman–Crippen MR) is 75.9 cm³/mol. The van der Waals surface area contributed by atoms with E-state index in [4.69, 9.17) is 0 Å². The zero-order valence-electron chi connectivity index (χ0n) is 10.9. The molecule has 7 heteroatoms. The maximum atomic E-state index is 11.3. The van der Waals surface area contributed by atoms with Gasteiger partial charge in [0.15, 0.2) is 0 Å². The van der Waals surface area contributed by atoms with E-state index < -0.39 is 7.60 Å². The summed E-state index contributed by atoms with van der Waals surface area (Å²) >= 11 is 0. The van der Waals surface area contributed by atoms with Gasteiger partial charge in [0, 0.05) is 18.1 Å². The van der Waals surface area contributed by atoms with E-state index in [2.05, 4.69) is 5.32 Å². The fourth-order valence-corrected chi connectivity index (χ4v) is 3.54. The van der Waals surface area contributed by atoms with Crippen LogP contribution in [0.5, 0.6) is 5.75 Å². The third kappa shape index (κ3) is 2.47. The van der Waals surface area contributed by atoms with Gasteiger partial charge in [0.05, 0.1) is 5.52 Å². The molecule has 6 nitrogen and oxygen atoms in total. The molecule has 0 spiro atoms. The largest absolute Gasteiger partial charge is 0.507 e. The summed E-state index contributed by atoms with van der Waals surface area (Å²) in [5.74, 6) is 0.428. The third-order valence-electron chi connectivity index (χ3n) is 3.75.